The first kappa shape index (κ1) is 19.2. The Bertz CT molecular complexity index is 1010. The average Bonchev–Trinajstić information content (AvgIpc) is 3.21. The molecule has 0 unspecified atom stereocenters. The Hall–Kier alpha value is -2.77. The summed E-state index contributed by atoms with van der Waals surface area (Å²) in [6.45, 7) is 2.50. The molecule has 3 aromatic rings. The lowest BCUT2D eigenvalue weighted by molar-refractivity contribution is -0.135. The second kappa shape index (κ2) is 8.16. The quantitative estimate of drug-likeness (QED) is 0.559. The lowest BCUT2D eigenvalue weighted by Crippen LogP contribution is -2.40. The van der Waals surface area contributed by atoms with E-state index in [1.54, 1.807) is 28.8 Å². The highest BCUT2D eigenvalue weighted by Gasteiger charge is 2.39. The Morgan fingerprint density at radius 1 is 1.30 bits per heavy atom. The molecule has 2 atom stereocenters. The van der Waals surface area contributed by atoms with Crippen molar-refractivity contribution in [3.63, 3.8) is 0 Å². The molecule has 3 aromatic heterocycles. The van der Waals surface area contributed by atoms with Gasteiger partial charge in [-0.05, 0) is 55.0 Å². The van der Waals surface area contributed by atoms with E-state index in [1.807, 2.05) is 35.8 Å². The van der Waals surface area contributed by atoms with Crippen LogP contribution in [0.1, 0.15) is 54.5 Å². The molecule has 1 aliphatic heterocycles. The van der Waals surface area contributed by atoms with Crippen LogP contribution in [0.3, 0.4) is 0 Å². The van der Waals surface area contributed by atoms with Crippen molar-refractivity contribution in [2.75, 3.05) is 6.54 Å². The van der Waals surface area contributed by atoms with E-state index < -0.39 is 0 Å². The molecule has 1 fully saturated rings. The first-order valence-electron chi connectivity index (χ1n) is 10.3. The minimum atomic E-state index is -0.0765. The molecule has 1 aliphatic carbocycles. The normalized spacial score (nSPS) is 19.9. The molecule has 30 heavy (non-hydrogen) atoms. The summed E-state index contributed by atoms with van der Waals surface area (Å²) in [5.74, 6) is 0.757. The second-order valence-corrected chi connectivity index (χ2v) is 8.84. The Labute approximate surface area is 179 Å². The second-order valence-electron chi connectivity index (χ2n) is 7.86. The van der Waals surface area contributed by atoms with Gasteiger partial charge >= 0.3 is 0 Å². The minimum absolute atomic E-state index is 0.0256. The summed E-state index contributed by atoms with van der Waals surface area (Å²) < 4.78 is 5.55. The summed E-state index contributed by atoms with van der Waals surface area (Å²) in [5, 5.41) is 8.43. The van der Waals surface area contributed by atoms with Crippen LogP contribution in [0.5, 0.6) is 0 Å². The Balaban J connectivity index is 1.39. The molecule has 0 N–H and O–H groups in total. The van der Waals surface area contributed by atoms with Gasteiger partial charge in [0.1, 0.15) is 11.5 Å². The molecule has 0 bridgehead atoms. The summed E-state index contributed by atoms with van der Waals surface area (Å²) in [4.78, 5) is 21.2. The summed E-state index contributed by atoms with van der Waals surface area (Å²) in [7, 11) is 0. The van der Waals surface area contributed by atoms with Crippen molar-refractivity contribution in [2.24, 2.45) is 5.10 Å². The number of pyridine rings is 1. The lowest BCUT2D eigenvalue weighted by atomic mass is 10.1. The van der Waals surface area contributed by atoms with Crippen molar-refractivity contribution < 1.29 is 9.21 Å². The molecule has 7 heteroatoms. The topological polar surface area (TPSA) is 61.9 Å². The number of rotatable bonds is 7. The number of aromatic nitrogens is 1. The fourth-order valence-electron chi connectivity index (χ4n) is 4.07. The van der Waals surface area contributed by atoms with Crippen LogP contribution in [0.25, 0.3) is 0 Å². The van der Waals surface area contributed by atoms with Crippen molar-refractivity contribution in [2.45, 2.75) is 44.3 Å². The summed E-state index contributed by atoms with van der Waals surface area (Å²) >= 11 is 1.66. The third-order valence-corrected chi connectivity index (χ3v) is 6.81. The van der Waals surface area contributed by atoms with E-state index in [4.69, 9.17) is 9.52 Å². The maximum atomic E-state index is 13.5. The number of amides is 1. The van der Waals surface area contributed by atoms with Gasteiger partial charge in [-0.15, -0.1) is 11.3 Å². The number of carbonyl (C=O) groups excluding carboxylic acids is 1. The van der Waals surface area contributed by atoms with Gasteiger partial charge < -0.3 is 4.42 Å². The predicted molar refractivity (Wildman–Crippen MR) is 116 cm³/mol. The first-order valence-corrected chi connectivity index (χ1v) is 11.2. The van der Waals surface area contributed by atoms with Crippen molar-refractivity contribution in [1.29, 1.82) is 0 Å². The molecule has 0 spiro atoms. The summed E-state index contributed by atoms with van der Waals surface area (Å²) in [6, 6.07) is 12.4. The van der Waals surface area contributed by atoms with Gasteiger partial charge in [0.25, 0.3) is 5.91 Å². The van der Waals surface area contributed by atoms with Gasteiger partial charge in [-0.25, -0.2) is 5.01 Å². The molecular formula is C23H24N4O2S. The molecule has 154 valence electrons. The molecule has 5 rings (SSSR count). The summed E-state index contributed by atoms with van der Waals surface area (Å²) in [5.41, 5.74) is 1.96. The predicted octanol–water partition coefficient (Wildman–Crippen LogP) is 4.64. The molecule has 1 amide bonds. The van der Waals surface area contributed by atoms with Gasteiger partial charge in [0, 0.05) is 35.8 Å². The van der Waals surface area contributed by atoms with E-state index >= 15 is 0 Å². The number of furan rings is 1. The Kier molecular flexibility index (Phi) is 5.23. The maximum Gasteiger partial charge on any atom is 0.257 e. The van der Waals surface area contributed by atoms with Crippen molar-refractivity contribution in [3.8, 4) is 0 Å². The highest BCUT2D eigenvalue weighted by molar-refractivity contribution is 7.10. The monoisotopic (exact) mass is 420 g/mol. The number of carbonyl (C=O) groups is 1. The molecule has 0 aromatic carbocycles. The van der Waals surface area contributed by atoms with Gasteiger partial charge in [-0.3, -0.25) is 14.7 Å². The standard InChI is InChI=1S/C23H24N4O2S/c1-16(17-5-2-10-24-14-17)26(18-8-9-18)15-23(28)27-20(22-7-4-12-30-22)13-19(25-27)21-6-3-11-29-21/h2-7,10-12,14,16,18,20H,8-9,13,15H2,1H3/t16-,20-/m0/s1. The van der Waals surface area contributed by atoms with Crippen LogP contribution in [0, 0.1) is 0 Å². The van der Waals surface area contributed by atoms with Gasteiger partial charge in [0.05, 0.1) is 18.8 Å². The zero-order valence-electron chi connectivity index (χ0n) is 16.8. The molecule has 0 saturated heterocycles. The van der Waals surface area contributed by atoms with Crippen LogP contribution >= 0.6 is 11.3 Å². The fraction of sp³-hybridized carbons (Fsp3) is 0.348. The third kappa shape index (κ3) is 3.82. The molecule has 4 heterocycles. The third-order valence-electron chi connectivity index (χ3n) is 5.84. The number of hydrazone groups is 1. The lowest BCUT2D eigenvalue weighted by Gasteiger charge is -2.31. The van der Waals surface area contributed by atoms with Crippen LogP contribution in [0.15, 0.2) is 70.0 Å². The van der Waals surface area contributed by atoms with Crippen LogP contribution in [-0.4, -0.2) is 39.1 Å². The van der Waals surface area contributed by atoms with Crippen molar-refractivity contribution >= 4 is 23.0 Å². The first-order chi connectivity index (χ1) is 14.7. The van der Waals surface area contributed by atoms with E-state index in [2.05, 4.69) is 28.9 Å². The van der Waals surface area contributed by atoms with Crippen LogP contribution in [-0.2, 0) is 4.79 Å². The summed E-state index contributed by atoms with van der Waals surface area (Å²) in [6.07, 6.45) is 8.25. The van der Waals surface area contributed by atoms with Gasteiger partial charge in [0.15, 0.2) is 0 Å². The molecule has 0 radical (unpaired) electrons. The zero-order valence-corrected chi connectivity index (χ0v) is 17.7. The van der Waals surface area contributed by atoms with E-state index in [0.29, 0.717) is 19.0 Å². The van der Waals surface area contributed by atoms with Crippen LogP contribution in [0.2, 0.25) is 0 Å². The smallest absolute Gasteiger partial charge is 0.257 e. The molecule has 2 aliphatic rings. The molecular weight excluding hydrogens is 396 g/mol. The van der Waals surface area contributed by atoms with Crippen molar-refractivity contribution in [1.82, 2.24) is 14.9 Å². The number of hydrogen-bond donors (Lipinski definition) is 0. The van der Waals surface area contributed by atoms with E-state index in [1.165, 1.54) is 0 Å². The Morgan fingerprint density at radius 2 is 2.20 bits per heavy atom. The minimum Gasteiger partial charge on any atom is -0.463 e. The number of thiophene rings is 1. The van der Waals surface area contributed by atoms with Gasteiger partial charge in [-0.2, -0.15) is 5.10 Å². The molecule has 1 saturated carbocycles. The largest absolute Gasteiger partial charge is 0.463 e. The highest BCUT2D eigenvalue weighted by atomic mass is 32.1. The number of nitrogens with zero attached hydrogens (tertiary/aromatic N) is 4. The van der Waals surface area contributed by atoms with Crippen LogP contribution in [0.4, 0.5) is 0 Å². The highest BCUT2D eigenvalue weighted by Crippen LogP contribution is 2.37. The van der Waals surface area contributed by atoms with E-state index in [-0.39, 0.29) is 18.0 Å². The number of hydrogen-bond acceptors (Lipinski definition) is 6. The molecule has 6 nitrogen and oxygen atoms in total. The fourth-order valence-corrected chi connectivity index (χ4v) is 4.88. The van der Waals surface area contributed by atoms with Gasteiger partial charge in [-0.1, -0.05) is 12.1 Å². The van der Waals surface area contributed by atoms with E-state index in [0.717, 1.165) is 34.8 Å². The SMILES string of the molecule is C[C@@H](c1cccnc1)N(CC(=O)N1N=C(c2ccco2)C[C@H]1c1cccs1)C1CC1. The Morgan fingerprint density at radius 3 is 2.87 bits per heavy atom. The van der Waals surface area contributed by atoms with Gasteiger partial charge in [0.2, 0.25) is 0 Å². The van der Waals surface area contributed by atoms with E-state index in [9.17, 15) is 4.79 Å². The maximum absolute atomic E-state index is 13.5. The van der Waals surface area contributed by atoms with Crippen LogP contribution < -0.4 is 0 Å². The average molecular weight is 421 g/mol. The van der Waals surface area contributed by atoms with Crippen molar-refractivity contribution in [3.05, 3.63) is 76.6 Å². The zero-order chi connectivity index (χ0) is 20.5.